The van der Waals surface area contributed by atoms with Crippen LogP contribution in [0.4, 0.5) is 13.6 Å². The molecule has 5 rings (SSSR count). The fraction of sp³-hybridized carbons (Fsp3) is 0.500. The molecule has 2 aliphatic rings. The molecule has 41 heavy (non-hydrogen) atoms. The fourth-order valence-corrected chi connectivity index (χ4v) is 5.85. The molecule has 1 aliphatic carbocycles. The second-order valence-corrected chi connectivity index (χ2v) is 12.4. The second-order valence-electron chi connectivity index (χ2n) is 12.4. The standard InChI is InChI=1S/C32H38F2N2O5/c1-19-15-20(2)28(24-11-14-36(27(19)24)30(38)41-31(3,4)5)40-26-12-13-35(17-23-16-32(23,33)34)18-25(26)21-7-9-22(10-8-21)29(37)39-6/h7-11,14-15,23,25-26H,12-13,16-18H2,1-6H3/t23?,25-,26+/m0/s1. The van der Waals surface area contributed by atoms with Gasteiger partial charge in [0, 0.05) is 49.5 Å². The van der Waals surface area contributed by atoms with E-state index in [1.165, 1.54) is 11.7 Å². The van der Waals surface area contributed by atoms with Gasteiger partial charge in [0.1, 0.15) is 17.5 Å². The van der Waals surface area contributed by atoms with Crippen molar-refractivity contribution in [2.75, 3.05) is 26.7 Å². The molecule has 2 fully saturated rings. The molecular formula is C32H38F2N2O5. The summed E-state index contributed by atoms with van der Waals surface area (Å²) in [5, 5.41) is 0.813. The van der Waals surface area contributed by atoms with Crippen molar-refractivity contribution in [1.29, 1.82) is 0 Å². The van der Waals surface area contributed by atoms with Crippen molar-refractivity contribution in [1.82, 2.24) is 9.47 Å². The van der Waals surface area contributed by atoms with Gasteiger partial charge in [-0.1, -0.05) is 18.2 Å². The number of nitrogens with zero attached hydrogens (tertiary/aromatic N) is 2. The molecule has 0 radical (unpaired) electrons. The molecule has 1 saturated heterocycles. The minimum absolute atomic E-state index is 0.0584. The first-order chi connectivity index (χ1) is 19.3. The number of aryl methyl sites for hydroxylation is 2. The summed E-state index contributed by atoms with van der Waals surface area (Å²) in [6, 6.07) is 11.1. The van der Waals surface area contributed by atoms with Gasteiger partial charge in [0.05, 0.1) is 18.2 Å². The van der Waals surface area contributed by atoms with E-state index >= 15 is 0 Å². The van der Waals surface area contributed by atoms with Crippen LogP contribution in [-0.4, -0.2) is 65.9 Å². The summed E-state index contributed by atoms with van der Waals surface area (Å²) in [6.45, 7) is 11.0. The number of ether oxygens (including phenoxy) is 3. The molecule has 2 aromatic carbocycles. The van der Waals surface area contributed by atoms with E-state index in [1.807, 2.05) is 58.9 Å². The Kier molecular flexibility index (Phi) is 7.61. The van der Waals surface area contributed by atoms with Gasteiger partial charge in [-0.15, -0.1) is 0 Å². The number of hydrogen-bond donors (Lipinski definition) is 0. The molecule has 1 unspecified atom stereocenters. The highest BCUT2D eigenvalue weighted by atomic mass is 19.3. The third-order valence-electron chi connectivity index (χ3n) is 7.98. The van der Waals surface area contributed by atoms with Crippen molar-refractivity contribution in [2.24, 2.45) is 5.92 Å². The maximum absolute atomic E-state index is 13.7. The van der Waals surface area contributed by atoms with E-state index in [9.17, 15) is 18.4 Å². The highest BCUT2D eigenvalue weighted by molar-refractivity contribution is 5.96. The summed E-state index contributed by atoms with van der Waals surface area (Å²) in [7, 11) is 1.34. The number of likely N-dealkylation sites (tertiary alicyclic amines) is 1. The first kappa shape index (κ1) is 29.0. The Balaban J connectivity index is 1.46. The van der Waals surface area contributed by atoms with E-state index in [0.717, 1.165) is 27.6 Å². The lowest BCUT2D eigenvalue weighted by atomic mass is 9.87. The van der Waals surface area contributed by atoms with E-state index in [4.69, 9.17) is 14.2 Å². The van der Waals surface area contributed by atoms with Crippen LogP contribution in [0.25, 0.3) is 10.9 Å². The van der Waals surface area contributed by atoms with Crippen LogP contribution in [0.2, 0.25) is 0 Å². The van der Waals surface area contributed by atoms with Gasteiger partial charge in [-0.2, -0.15) is 0 Å². The Morgan fingerprint density at radius 2 is 1.76 bits per heavy atom. The van der Waals surface area contributed by atoms with Crippen LogP contribution >= 0.6 is 0 Å². The Morgan fingerprint density at radius 3 is 2.37 bits per heavy atom. The smallest absolute Gasteiger partial charge is 0.419 e. The van der Waals surface area contributed by atoms with E-state index in [1.54, 1.807) is 18.3 Å². The molecule has 9 heteroatoms. The first-order valence-corrected chi connectivity index (χ1v) is 14.1. The number of benzene rings is 2. The van der Waals surface area contributed by atoms with Crippen LogP contribution in [-0.2, 0) is 9.47 Å². The first-order valence-electron chi connectivity index (χ1n) is 14.1. The van der Waals surface area contributed by atoms with Gasteiger partial charge in [0.2, 0.25) is 0 Å². The van der Waals surface area contributed by atoms with Crippen LogP contribution in [0.15, 0.2) is 42.6 Å². The average molecular weight is 569 g/mol. The van der Waals surface area contributed by atoms with E-state index < -0.39 is 29.5 Å². The van der Waals surface area contributed by atoms with Crippen molar-refractivity contribution in [3.63, 3.8) is 0 Å². The van der Waals surface area contributed by atoms with Crippen molar-refractivity contribution in [2.45, 2.75) is 71.0 Å². The van der Waals surface area contributed by atoms with E-state index in [-0.39, 0.29) is 18.4 Å². The Morgan fingerprint density at radius 1 is 1.07 bits per heavy atom. The third-order valence-corrected chi connectivity index (χ3v) is 7.98. The van der Waals surface area contributed by atoms with Crippen LogP contribution in [0.5, 0.6) is 5.75 Å². The maximum atomic E-state index is 13.7. The average Bonchev–Trinajstić information content (AvgIpc) is 3.28. The van der Waals surface area contributed by atoms with Gasteiger partial charge >= 0.3 is 12.1 Å². The number of halogens is 2. The molecule has 1 aliphatic heterocycles. The lowest BCUT2D eigenvalue weighted by Gasteiger charge is -2.39. The summed E-state index contributed by atoms with van der Waals surface area (Å²) in [6.07, 6.45) is 1.59. The van der Waals surface area contributed by atoms with Crippen LogP contribution < -0.4 is 4.74 Å². The Hall–Kier alpha value is -3.46. The fourth-order valence-electron chi connectivity index (χ4n) is 5.85. The highest BCUT2D eigenvalue weighted by Gasteiger charge is 2.57. The Bertz CT molecular complexity index is 1460. The van der Waals surface area contributed by atoms with Crippen molar-refractivity contribution in [3.05, 3.63) is 64.8 Å². The molecule has 3 atom stereocenters. The van der Waals surface area contributed by atoms with Crippen LogP contribution in [0.1, 0.15) is 66.6 Å². The largest absolute Gasteiger partial charge is 0.489 e. The number of piperidine rings is 1. The summed E-state index contributed by atoms with van der Waals surface area (Å²) < 4.78 is 46.2. The van der Waals surface area contributed by atoms with Crippen molar-refractivity contribution in [3.8, 4) is 5.75 Å². The molecule has 3 aromatic rings. The summed E-state index contributed by atoms with van der Waals surface area (Å²) in [4.78, 5) is 27.1. The topological polar surface area (TPSA) is 70.0 Å². The zero-order valence-corrected chi connectivity index (χ0v) is 24.5. The zero-order valence-electron chi connectivity index (χ0n) is 24.5. The van der Waals surface area contributed by atoms with Crippen molar-refractivity contribution >= 4 is 23.0 Å². The monoisotopic (exact) mass is 568 g/mol. The summed E-state index contributed by atoms with van der Waals surface area (Å²) in [5.74, 6) is -3.02. The minimum Gasteiger partial charge on any atom is -0.489 e. The maximum Gasteiger partial charge on any atom is 0.419 e. The number of fused-ring (bicyclic) bond motifs is 1. The molecule has 1 aromatic heterocycles. The molecular weight excluding hydrogens is 530 g/mol. The Labute approximate surface area is 239 Å². The molecule has 2 heterocycles. The SMILES string of the molecule is COC(=O)c1ccc([C@@H]2CN(CC3CC3(F)F)CC[C@H]2Oc2c(C)cc(C)c3c2ccn3C(=O)OC(C)(C)C)cc1. The normalized spacial score (nSPS) is 22.4. The minimum atomic E-state index is -2.57. The van der Waals surface area contributed by atoms with Gasteiger partial charge in [0.15, 0.2) is 0 Å². The molecule has 220 valence electrons. The summed E-state index contributed by atoms with van der Waals surface area (Å²) >= 11 is 0. The molecule has 0 bridgehead atoms. The van der Waals surface area contributed by atoms with Crippen molar-refractivity contribution < 1.29 is 32.6 Å². The zero-order chi connectivity index (χ0) is 29.7. The van der Waals surface area contributed by atoms with Gasteiger partial charge in [-0.3, -0.25) is 4.57 Å². The lowest BCUT2D eigenvalue weighted by Crippen LogP contribution is -2.45. The number of rotatable bonds is 6. The molecule has 1 saturated carbocycles. The van der Waals surface area contributed by atoms with Gasteiger partial charge in [-0.25, -0.2) is 18.4 Å². The van der Waals surface area contributed by atoms with Gasteiger partial charge in [0.25, 0.3) is 5.92 Å². The number of alkyl halides is 2. The number of hydrogen-bond acceptors (Lipinski definition) is 6. The number of methoxy groups -OCH3 is 1. The highest BCUT2D eigenvalue weighted by Crippen LogP contribution is 2.49. The lowest BCUT2D eigenvalue weighted by molar-refractivity contribution is 0.0541. The quantitative estimate of drug-likeness (QED) is 0.308. The summed E-state index contributed by atoms with van der Waals surface area (Å²) in [5.41, 5.74) is 3.36. The predicted molar refractivity (Wildman–Crippen MR) is 152 cm³/mol. The molecule has 0 N–H and O–H groups in total. The third kappa shape index (κ3) is 6.10. The van der Waals surface area contributed by atoms with Gasteiger partial charge in [-0.05, 0) is 75.9 Å². The molecule has 0 spiro atoms. The number of carbonyl (C=O) groups is 2. The predicted octanol–water partition coefficient (Wildman–Crippen LogP) is 6.72. The second kappa shape index (κ2) is 10.7. The number of carbonyl (C=O) groups excluding carboxylic acids is 2. The number of aromatic nitrogens is 1. The van der Waals surface area contributed by atoms with E-state index in [0.29, 0.717) is 37.4 Å². The number of esters is 1. The molecule has 0 amide bonds. The van der Waals surface area contributed by atoms with Crippen LogP contribution in [0.3, 0.4) is 0 Å². The molecule has 7 nitrogen and oxygen atoms in total. The van der Waals surface area contributed by atoms with Crippen LogP contribution in [0, 0.1) is 19.8 Å². The van der Waals surface area contributed by atoms with E-state index in [2.05, 4.69) is 4.90 Å². The van der Waals surface area contributed by atoms with Gasteiger partial charge < -0.3 is 19.1 Å².